The Balaban J connectivity index is 2.32. The van der Waals surface area contributed by atoms with E-state index in [-0.39, 0.29) is 5.82 Å². The highest BCUT2D eigenvalue weighted by molar-refractivity contribution is 5.31. The molecular formula is C12H15F. The molecule has 1 atom stereocenters. The van der Waals surface area contributed by atoms with Crippen molar-refractivity contribution in [3.63, 3.8) is 0 Å². The molecule has 0 aromatic heterocycles. The van der Waals surface area contributed by atoms with Crippen molar-refractivity contribution in [1.29, 1.82) is 0 Å². The Kier molecular flexibility index (Phi) is 2.10. The summed E-state index contributed by atoms with van der Waals surface area (Å²) < 4.78 is 13.2. The van der Waals surface area contributed by atoms with Crippen molar-refractivity contribution < 1.29 is 4.39 Å². The van der Waals surface area contributed by atoms with Gasteiger partial charge < -0.3 is 0 Å². The molecule has 13 heavy (non-hydrogen) atoms. The fraction of sp³-hybridized carbons (Fsp3) is 0.500. The van der Waals surface area contributed by atoms with Gasteiger partial charge in [0.1, 0.15) is 5.82 Å². The van der Waals surface area contributed by atoms with Crippen molar-refractivity contribution in [1.82, 2.24) is 0 Å². The van der Waals surface area contributed by atoms with Crippen LogP contribution in [0.5, 0.6) is 0 Å². The second-order valence-electron chi connectivity index (χ2n) is 4.08. The summed E-state index contributed by atoms with van der Waals surface area (Å²) in [6.07, 6.45) is 2.63. The predicted molar refractivity (Wildman–Crippen MR) is 52.3 cm³/mol. The predicted octanol–water partition coefficient (Wildman–Crippen LogP) is 3.65. The Morgan fingerprint density at radius 1 is 1.38 bits per heavy atom. The van der Waals surface area contributed by atoms with E-state index in [0.717, 1.165) is 11.5 Å². The van der Waals surface area contributed by atoms with Gasteiger partial charge in [-0.15, -0.1) is 0 Å². The van der Waals surface area contributed by atoms with Crippen LogP contribution in [0, 0.1) is 18.7 Å². The number of hydrogen-bond acceptors (Lipinski definition) is 0. The SMILES string of the molecule is Cc1c(F)cccc1C(C)C1CC1. The molecule has 1 aromatic rings. The lowest BCUT2D eigenvalue weighted by Gasteiger charge is -2.13. The zero-order valence-electron chi connectivity index (χ0n) is 8.18. The lowest BCUT2D eigenvalue weighted by Crippen LogP contribution is -2.00. The van der Waals surface area contributed by atoms with Crippen LogP contribution in [0.25, 0.3) is 0 Å². The Morgan fingerprint density at radius 3 is 2.69 bits per heavy atom. The highest BCUT2D eigenvalue weighted by Crippen LogP contribution is 2.43. The van der Waals surface area contributed by atoms with Crippen LogP contribution in [0.1, 0.15) is 36.8 Å². The molecule has 1 fully saturated rings. The van der Waals surface area contributed by atoms with E-state index in [1.54, 1.807) is 6.07 Å². The van der Waals surface area contributed by atoms with Gasteiger partial charge in [-0.2, -0.15) is 0 Å². The largest absolute Gasteiger partial charge is 0.207 e. The average molecular weight is 178 g/mol. The van der Waals surface area contributed by atoms with Gasteiger partial charge in [-0.05, 0) is 48.8 Å². The van der Waals surface area contributed by atoms with Gasteiger partial charge in [0, 0.05) is 0 Å². The molecule has 0 radical (unpaired) electrons. The van der Waals surface area contributed by atoms with Gasteiger partial charge in [0.05, 0.1) is 0 Å². The second kappa shape index (κ2) is 3.13. The first-order valence-corrected chi connectivity index (χ1v) is 4.95. The average Bonchev–Trinajstić information content (AvgIpc) is 2.91. The van der Waals surface area contributed by atoms with Crippen molar-refractivity contribution in [2.45, 2.75) is 32.6 Å². The molecule has 0 saturated heterocycles. The molecule has 1 aromatic carbocycles. The second-order valence-corrected chi connectivity index (χ2v) is 4.08. The standard InChI is InChI=1S/C12H15F/c1-8(10-6-7-10)11-4-3-5-12(13)9(11)2/h3-5,8,10H,6-7H2,1-2H3. The maximum Gasteiger partial charge on any atom is 0.126 e. The highest BCUT2D eigenvalue weighted by Gasteiger charge is 2.29. The molecule has 70 valence electrons. The van der Waals surface area contributed by atoms with Crippen molar-refractivity contribution in [3.8, 4) is 0 Å². The van der Waals surface area contributed by atoms with E-state index in [9.17, 15) is 4.39 Å². The minimum absolute atomic E-state index is 0.0648. The van der Waals surface area contributed by atoms with E-state index in [4.69, 9.17) is 0 Å². The Hall–Kier alpha value is -0.850. The van der Waals surface area contributed by atoms with Crippen molar-refractivity contribution >= 4 is 0 Å². The van der Waals surface area contributed by atoms with E-state index in [0.29, 0.717) is 5.92 Å². The Labute approximate surface area is 78.8 Å². The first kappa shape index (κ1) is 8.74. The van der Waals surface area contributed by atoms with Crippen molar-refractivity contribution in [3.05, 3.63) is 35.1 Å². The molecule has 0 heterocycles. The summed E-state index contributed by atoms with van der Waals surface area (Å²) in [4.78, 5) is 0. The van der Waals surface area contributed by atoms with Gasteiger partial charge in [-0.3, -0.25) is 0 Å². The molecule has 0 aliphatic heterocycles. The third-order valence-electron chi connectivity index (χ3n) is 3.13. The third kappa shape index (κ3) is 1.60. The fourth-order valence-electron chi connectivity index (χ4n) is 1.97. The lowest BCUT2D eigenvalue weighted by molar-refractivity contribution is 0.600. The minimum atomic E-state index is -0.0648. The zero-order chi connectivity index (χ0) is 9.42. The summed E-state index contributed by atoms with van der Waals surface area (Å²) in [5.41, 5.74) is 2.03. The minimum Gasteiger partial charge on any atom is -0.207 e. The first-order valence-electron chi connectivity index (χ1n) is 4.95. The summed E-state index contributed by atoms with van der Waals surface area (Å²) in [6, 6.07) is 5.41. The fourth-order valence-corrected chi connectivity index (χ4v) is 1.97. The molecule has 0 bridgehead atoms. The first-order chi connectivity index (χ1) is 6.20. The summed E-state index contributed by atoms with van der Waals surface area (Å²) in [5, 5.41) is 0. The van der Waals surface area contributed by atoms with E-state index in [2.05, 4.69) is 13.0 Å². The molecule has 0 N–H and O–H groups in total. The highest BCUT2D eigenvalue weighted by atomic mass is 19.1. The van der Waals surface area contributed by atoms with Gasteiger partial charge in [0.2, 0.25) is 0 Å². The lowest BCUT2D eigenvalue weighted by atomic mass is 9.92. The van der Waals surface area contributed by atoms with Crippen LogP contribution in [0.2, 0.25) is 0 Å². The van der Waals surface area contributed by atoms with E-state index >= 15 is 0 Å². The van der Waals surface area contributed by atoms with Gasteiger partial charge >= 0.3 is 0 Å². The molecule has 0 amide bonds. The maximum atomic E-state index is 13.2. The maximum absolute atomic E-state index is 13.2. The van der Waals surface area contributed by atoms with Gasteiger partial charge in [-0.25, -0.2) is 4.39 Å². The number of benzene rings is 1. The molecular weight excluding hydrogens is 163 g/mol. The van der Waals surface area contributed by atoms with Crippen LogP contribution < -0.4 is 0 Å². The summed E-state index contributed by atoms with van der Waals surface area (Å²) in [6.45, 7) is 4.09. The normalized spacial score (nSPS) is 18.7. The quantitative estimate of drug-likeness (QED) is 0.648. The number of halogens is 1. The van der Waals surface area contributed by atoms with Crippen LogP contribution in [0.15, 0.2) is 18.2 Å². The van der Waals surface area contributed by atoms with Gasteiger partial charge in [-0.1, -0.05) is 19.1 Å². The van der Waals surface area contributed by atoms with Crippen LogP contribution in [0.4, 0.5) is 4.39 Å². The molecule has 2 rings (SSSR count). The molecule has 1 aliphatic rings. The molecule has 0 spiro atoms. The van der Waals surface area contributed by atoms with Crippen LogP contribution in [-0.4, -0.2) is 0 Å². The number of rotatable bonds is 2. The van der Waals surface area contributed by atoms with Crippen LogP contribution >= 0.6 is 0 Å². The molecule has 1 saturated carbocycles. The zero-order valence-corrected chi connectivity index (χ0v) is 8.18. The van der Waals surface area contributed by atoms with Crippen LogP contribution in [0.3, 0.4) is 0 Å². The van der Waals surface area contributed by atoms with Crippen molar-refractivity contribution in [2.24, 2.45) is 5.92 Å². The summed E-state index contributed by atoms with van der Waals surface area (Å²) in [5.74, 6) is 1.28. The van der Waals surface area contributed by atoms with Gasteiger partial charge in [0.15, 0.2) is 0 Å². The number of hydrogen-bond donors (Lipinski definition) is 0. The van der Waals surface area contributed by atoms with E-state index in [1.165, 1.54) is 18.4 Å². The monoisotopic (exact) mass is 178 g/mol. The van der Waals surface area contributed by atoms with Gasteiger partial charge in [0.25, 0.3) is 0 Å². The van der Waals surface area contributed by atoms with E-state index in [1.807, 2.05) is 13.0 Å². The summed E-state index contributed by atoms with van der Waals surface area (Å²) in [7, 11) is 0. The molecule has 1 aliphatic carbocycles. The Bertz CT molecular complexity index is 313. The Morgan fingerprint density at radius 2 is 2.08 bits per heavy atom. The molecule has 0 nitrogen and oxygen atoms in total. The topological polar surface area (TPSA) is 0 Å². The smallest absolute Gasteiger partial charge is 0.126 e. The van der Waals surface area contributed by atoms with E-state index < -0.39 is 0 Å². The van der Waals surface area contributed by atoms with Crippen molar-refractivity contribution in [2.75, 3.05) is 0 Å². The summed E-state index contributed by atoms with van der Waals surface area (Å²) >= 11 is 0. The molecule has 1 unspecified atom stereocenters. The molecule has 1 heteroatoms. The van der Waals surface area contributed by atoms with Crippen LogP contribution in [-0.2, 0) is 0 Å². The third-order valence-corrected chi connectivity index (χ3v) is 3.13.